The first-order valence-corrected chi connectivity index (χ1v) is 8.21. The van der Waals surface area contributed by atoms with Gasteiger partial charge < -0.3 is 15.2 Å². The summed E-state index contributed by atoms with van der Waals surface area (Å²) in [6.45, 7) is 6.71. The van der Waals surface area contributed by atoms with E-state index in [1.54, 1.807) is 6.33 Å². The molecule has 0 radical (unpaired) electrons. The highest BCUT2D eigenvalue weighted by molar-refractivity contribution is 6.05. The van der Waals surface area contributed by atoms with Crippen LogP contribution in [0.25, 0.3) is 0 Å². The molecule has 2 N–H and O–H groups in total. The summed E-state index contributed by atoms with van der Waals surface area (Å²) < 4.78 is 1.94. The van der Waals surface area contributed by atoms with Crippen molar-refractivity contribution in [3.63, 3.8) is 0 Å². The molecule has 0 aliphatic carbocycles. The Morgan fingerprint density at radius 1 is 1.42 bits per heavy atom. The molecule has 1 fully saturated rings. The lowest BCUT2D eigenvalue weighted by Gasteiger charge is -2.12. The van der Waals surface area contributed by atoms with Gasteiger partial charge in [-0.2, -0.15) is 0 Å². The van der Waals surface area contributed by atoms with E-state index in [1.807, 2.05) is 25.3 Å². The monoisotopic (exact) mass is 336 g/mol. The Balaban J connectivity index is 1.79. The third-order valence-corrected chi connectivity index (χ3v) is 3.82. The normalized spacial score (nSPS) is 17.5. The van der Waals surface area contributed by atoms with Crippen molar-refractivity contribution < 1.29 is 14.4 Å². The highest BCUT2D eigenvalue weighted by Crippen LogP contribution is 2.10. The minimum atomic E-state index is -0.775. The fourth-order valence-electron chi connectivity index (χ4n) is 2.60. The van der Waals surface area contributed by atoms with Gasteiger partial charge >= 0.3 is 6.03 Å². The number of carbonyl (C=O) groups is 3. The smallest absolute Gasteiger partial charge is 0.324 e. The second kappa shape index (κ2) is 7.89. The van der Waals surface area contributed by atoms with Gasteiger partial charge in [-0.15, -0.1) is 10.2 Å². The van der Waals surface area contributed by atoms with Crippen molar-refractivity contribution in [2.75, 3.05) is 13.1 Å². The lowest BCUT2D eigenvalue weighted by molar-refractivity contribution is -0.130. The number of rotatable bonds is 8. The number of hydrogen-bond donors (Lipinski definition) is 2. The van der Waals surface area contributed by atoms with Gasteiger partial charge in [0.25, 0.3) is 5.91 Å². The quantitative estimate of drug-likeness (QED) is 0.661. The molecule has 24 heavy (non-hydrogen) atoms. The molecule has 1 aromatic rings. The number of hydrogen-bond acceptors (Lipinski definition) is 5. The first kappa shape index (κ1) is 17.9. The molecule has 9 nitrogen and oxygen atoms in total. The van der Waals surface area contributed by atoms with E-state index in [1.165, 1.54) is 0 Å². The molecule has 1 aromatic heterocycles. The van der Waals surface area contributed by atoms with E-state index in [9.17, 15) is 14.4 Å². The Labute approximate surface area is 140 Å². The number of aromatic nitrogens is 3. The lowest BCUT2D eigenvalue weighted by Crippen LogP contribution is -2.37. The molecule has 0 spiro atoms. The van der Waals surface area contributed by atoms with E-state index >= 15 is 0 Å². The summed E-state index contributed by atoms with van der Waals surface area (Å²) in [5, 5.41) is 13.2. The van der Waals surface area contributed by atoms with Crippen LogP contribution in [0, 0.1) is 0 Å². The van der Waals surface area contributed by atoms with Crippen molar-refractivity contribution in [1.29, 1.82) is 0 Å². The molecule has 2 rings (SSSR count). The van der Waals surface area contributed by atoms with Crippen LogP contribution < -0.4 is 10.6 Å². The molecule has 1 saturated heterocycles. The zero-order valence-electron chi connectivity index (χ0n) is 14.3. The largest absolute Gasteiger partial charge is 0.356 e. The van der Waals surface area contributed by atoms with Crippen molar-refractivity contribution in [1.82, 2.24) is 30.3 Å². The zero-order valence-corrected chi connectivity index (χ0v) is 14.3. The summed E-state index contributed by atoms with van der Waals surface area (Å²) in [5.74, 6) is 0.184. The van der Waals surface area contributed by atoms with Gasteiger partial charge in [-0.25, -0.2) is 4.79 Å². The molecule has 9 heteroatoms. The Morgan fingerprint density at radius 2 is 2.17 bits per heavy atom. The molecule has 0 saturated carbocycles. The summed E-state index contributed by atoms with van der Waals surface area (Å²) in [4.78, 5) is 36.9. The Morgan fingerprint density at radius 3 is 2.83 bits per heavy atom. The topological polar surface area (TPSA) is 109 Å². The van der Waals surface area contributed by atoms with E-state index in [0.29, 0.717) is 25.9 Å². The average Bonchev–Trinajstić information content (AvgIpc) is 3.08. The van der Waals surface area contributed by atoms with Crippen LogP contribution >= 0.6 is 0 Å². The highest BCUT2D eigenvalue weighted by atomic mass is 16.2. The van der Waals surface area contributed by atoms with E-state index in [0.717, 1.165) is 10.7 Å². The number of imide groups is 1. The van der Waals surface area contributed by atoms with E-state index in [2.05, 4.69) is 20.8 Å². The molecule has 0 bridgehead atoms. The SMILES string of the molecule is CCCN1C(=O)N[C@@H](CC(=O)NCCc2nncn2C(C)C)C1=O. The molecular weight excluding hydrogens is 312 g/mol. The van der Waals surface area contributed by atoms with Gasteiger partial charge in [0.15, 0.2) is 0 Å². The summed E-state index contributed by atoms with van der Waals surface area (Å²) in [6.07, 6.45) is 2.85. The molecular formula is C15H24N6O3. The fourth-order valence-corrected chi connectivity index (χ4v) is 2.60. The van der Waals surface area contributed by atoms with Crippen molar-refractivity contribution >= 4 is 17.8 Å². The van der Waals surface area contributed by atoms with E-state index in [-0.39, 0.29) is 24.3 Å². The predicted octanol–water partition coefficient (Wildman–Crippen LogP) is 0.238. The second-order valence-corrected chi connectivity index (χ2v) is 6.04. The third-order valence-electron chi connectivity index (χ3n) is 3.82. The summed E-state index contributed by atoms with van der Waals surface area (Å²) >= 11 is 0. The van der Waals surface area contributed by atoms with E-state index < -0.39 is 12.1 Å². The number of urea groups is 1. The minimum absolute atomic E-state index is 0.0539. The van der Waals surface area contributed by atoms with Crippen LogP contribution in [0.5, 0.6) is 0 Å². The van der Waals surface area contributed by atoms with Crippen LogP contribution in [0.2, 0.25) is 0 Å². The van der Waals surface area contributed by atoms with Crippen molar-refractivity contribution in [2.24, 2.45) is 0 Å². The van der Waals surface area contributed by atoms with Gasteiger partial charge in [-0.3, -0.25) is 14.5 Å². The van der Waals surface area contributed by atoms with Crippen molar-refractivity contribution in [3.05, 3.63) is 12.2 Å². The van der Waals surface area contributed by atoms with Gasteiger partial charge in [-0.1, -0.05) is 6.92 Å². The van der Waals surface area contributed by atoms with Crippen molar-refractivity contribution in [3.8, 4) is 0 Å². The Hall–Kier alpha value is -2.45. The summed E-state index contributed by atoms with van der Waals surface area (Å²) in [5.41, 5.74) is 0. The Bertz CT molecular complexity index is 612. The molecule has 1 aliphatic rings. The summed E-state index contributed by atoms with van der Waals surface area (Å²) in [6, 6.07) is -0.949. The number of amides is 4. The average molecular weight is 336 g/mol. The summed E-state index contributed by atoms with van der Waals surface area (Å²) in [7, 11) is 0. The molecule has 132 valence electrons. The standard InChI is InChI=1S/C15H24N6O3/c1-4-7-20-14(23)11(18-15(20)24)8-13(22)16-6-5-12-19-17-9-21(12)10(2)3/h9-11H,4-8H2,1-3H3,(H,16,22)(H,18,24)/t11-/m0/s1. The minimum Gasteiger partial charge on any atom is -0.356 e. The van der Waals surface area contributed by atoms with Gasteiger partial charge in [-0.05, 0) is 20.3 Å². The fraction of sp³-hybridized carbons (Fsp3) is 0.667. The number of carbonyl (C=O) groups excluding carboxylic acids is 3. The number of nitrogens with one attached hydrogen (secondary N) is 2. The first-order chi connectivity index (χ1) is 11.4. The first-order valence-electron chi connectivity index (χ1n) is 8.21. The zero-order chi connectivity index (χ0) is 17.7. The van der Waals surface area contributed by atoms with Crippen LogP contribution in [-0.4, -0.2) is 56.6 Å². The van der Waals surface area contributed by atoms with Crippen molar-refractivity contribution in [2.45, 2.75) is 52.1 Å². The molecule has 0 unspecified atom stereocenters. The molecule has 1 atom stereocenters. The Kier molecular flexibility index (Phi) is 5.88. The number of nitrogens with zero attached hydrogens (tertiary/aromatic N) is 4. The lowest BCUT2D eigenvalue weighted by atomic mass is 10.2. The second-order valence-electron chi connectivity index (χ2n) is 6.04. The van der Waals surface area contributed by atoms with Crippen LogP contribution in [0.1, 0.15) is 45.5 Å². The predicted molar refractivity (Wildman–Crippen MR) is 86.1 cm³/mol. The highest BCUT2D eigenvalue weighted by Gasteiger charge is 2.38. The molecule has 0 aromatic carbocycles. The maximum atomic E-state index is 12.1. The molecule has 4 amide bonds. The van der Waals surface area contributed by atoms with Gasteiger partial charge in [0.05, 0.1) is 6.42 Å². The molecule has 2 heterocycles. The van der Waals surface area contributed by atoms with Crippen LogP contribution in [0.3, 0.4) is 0 Å². The maximum Gasteiger partial charge on any atom is 0.324 e. The van der Waals surface area contributed by atoms with Crippen LogP contribution in [-0.2, 0) is 16.0 Å². The van der Waals surface area contributed by atoms with Gasteiger partial charge in [0.1, 0.15) is 18.2 Å². The van der Waals surface area contributed by atoms with Gasteiger partial charge in [0.2, 0.25) is 5.91 Å². The van der Waals surface area contributed by atoms with Crippen LogP contribution in [0.4, 0.5) is 4.79 Å². The van der Waals surface area contributed by atoms with Crippen LogP contribution in [0.15, 0.2) is 6.33 Å². The third kappa shape index (κ3) is 4.09. The maximum absolute atomic E-state index is 12.1. The van der Waals surface area contributed by atoms with E-state index in [4.69, 9.17) is 0 Å². The molecule has 1 aliphatic heterocycles. The van der Waals surface area contributed by atoms with Gasteiger partial charge in [0, 0.05) is 25.6 Å².